The van der Waals surface area contributed by atoms with Crippen LogP contribution in [-0.4, -0.2) is 46.4 Å². The van der Waals surface area contributed by atoms with E-state index < -0.39 is 0 Å². The Morgan fingerprint density at radius 3 is 2.57 bits per heavy atom. The van der Waals surface area contributed by atoms with Gasteiger partial charge in [-0.3, -0.25) is 4.79 Å². The third kappa shape index (κ3) is 5.15. The summed E-state index contributed by atoms with van der Waals surface area (Å²) in [4.78, 5) is 20.7. The summed E-state index contributed by atoms with van der Waals surface area (Å²) in [5, 5.41) is 3.37. The number of nitrogens with zero attached hydrogens (tertiary/aromatic N) is 4. The van der Waals surface area contributed by atoms with Gasteiger partial charge in [0.05, 0.1) is 13.1 Å². The second kappa shape index (κ2) is 9.44. The van der Waals surface area contributed by atoms with E-state index in [1.807, 2.05) is 4.90 Å². The number of hydrogen-bond donors (Lipinski definition) is 1. The molecule has 3 rings (SSSR count). The van der Waals surface area contributed by atoms with Gasteiger partial charge in [-0.25, -0.2) is 4.99 Å². The molecule has 1 aliphatic heterocycles. The molecule has 0 aliphatic carbocycles. The molecule has 6 nitrogen and oxygen atoms in total. The van der Waals surface area contributed by atoms with E-state index in [2.05, 4.69) is 78.4 Å². The predicted molar refractivity (Wildman–Crippen MR) is 113 cm³/mol. The predicted octanol–water partition coefficient (Wildman–Crippen LogP) is 2.75. The lowest BCUT2D eigenvalue weighted by atomic mass is 10.1. The van der Waals surface area contributed by atoms with Crippen LogP contribution in [0.25, 0.3) is 0 Å². The van der Waals surface area contributed by atoms with Crippen LogP contribution in [0.15, 0.2) is 47.6 Å². The molecule has 2 aromatic rings. The molecule has 0 unspecified atom stereocenters. The first-order valence-corrected chi connectivity index (χ1v) is 10.0. The zero-order valence-electron chi connectivity index (χ0n) is 17.2. The molecule has 2 heterocycles. The average molecular weight is 382 g/mol. The Hall–Kier alpha value is -2.76. The van der Waals surface area contributed by atoms with Crippen LogP contribution < -0.4 is 5.32 Å². The summed E-state index contributed by atoms with van der Waals surface area (Å²) in [5.74, 6) is 1.17. The number of benzene rings is 1. The number of rotatable bonds is 7. The minimum absolute atomic E-state index is 0.269. The number of hydrogen-bond acceptors (Lipinski definition) is 2. The zero-order valence-corrected chi connectivity index (χ0v) is 17.2. The molecule has 150 valence electrons. The summed E-state index contributed by atoms with van der Waals surface area (Å²) in [6.07, 6.45) is 3.73. The maximum absolute atomic E-state index is 11.8. The second-order valence-corrected chi connectivity index (χ2v) is 7.37. The van der Waals surface area contributed by atoms with Gasteiger partial charge in [0.2, 0.25) is 5.91 Å². The molecule has 1 amide bonds. The molecule has 0 spiro atoms. The Morgan fingerprint density at radius 2 is 1.96 bits per heavy atom. The molecule has 0 atom stereocenters. The first-order valence-electron chi connectivity index (χ1n) is 10.0. The molecule has 0 bridgehead atoms. The highest BCUT2D eigenvalue weighted by molar-refractivity contribution is 5.79. The van der Waals surface area contributed by atoms with Crippen LogP contribution in [0.3, 0.4) is 0 Å². The number of likely N-dealkylation sites (tertiary alicyclic amines) is 1. The Bertz CT molecular complexity index is 809. The number of nitrogens with one attached hydrogen (secondary N) is 1. The van der Waals surface area contributed by atoms with Crippen molar-refractivity contribution in [3.05, 3.63) is 59.4 Å². The molecule has 1 aromatic carbocycles. The zero-order chi connectivity index (χ0) is 19.9. The van der Waals surface area contributed by atoms with Gasteiger partial charge < -0.3 is 19.7 Å². The van der Waals surface area contributed by atoms with Gasteiger partial charge in [0.25, 0.3) is 0 Å². The molecular formula is C22H31N5O. The summed E-state index contributed by atoms with van der Waals surface area (Å²) < 4.78 is 2.13. The Kier molecular flexibility index (Phi) is 6.74. The molecule has 1 aliphatic rings. The minimum Gasteiger partial charge on any atom is -0.357 e. The Morgan fingerprint density at radius 1 is 1.21 bits per heavy atom. The van der Waals surface area contributed by atoms with Gasteiger partial charge >= 0.3 is 0 Å². The molecule has 0 radical (unpaired) electrons. The quantitative estimate of drug-likeness (QED) is 0.593. The first kappa shape index (κ1) is 20.0. The first-order chi connectivity index (χ1) is 13.6. The largest absolute Gasteiger partial charge is 0.357 e. The fraction of sp³-hybridized carbons (Fsp3) is 0.455. The van der Waals surface area contributed by atoms with E-state index in [1.54, 1.807) is 0 Å². The van der Waals surface area contributed by atoms with Gasteiger partial charge in [-0.2, -0.15) is 0 Å². The SMILES string of the molecule is CCNC(=NCc1ccc(CN2CCCC2=O)cc1)N(C)Cc1cccn1C. The van der Waals surface area contributed by atoms with Crippen LogP contribution in [0, 0.1) is 0 Å². The van der Waals surface area contributed by atoms with Gasteiger partial charge in [-0.15, -0.1) is 0 Å². The molecule has 28 heavy (non-hydrogen) atoms. The van der Waals surface area contributed by atoms with E-state index in [1.165, 1.54) is 16.8 Å². The highest BCUT2D eigenvalue weighted by Crippen LogP contribution is 2.15. The van der Waals surface area contributed by atoms with Crippen LogP contribution in [0.1, 0.15) is 36.6 Å². The molecule has 6 heteroatoms. The standard InChI is InChI=1S/C22H31N5O/c1-4-23-22(26(3)17-20-7-5-13-25(20)2)24-15-18-9-11-19(12-10-18)16-27-14-6-8-21(27)28/h5,7,9-13H,4,6,8,14-17H2,1-3H3,(H,23,24). The van der Waals surface area contributed by atoms with E-state index in [0.717, 1.165) is 32.0 Å². The maximum atomic E-state index is 11.8. The van der Waals surface area contributed by atoms with Gasteiger partial charge in [-0.05, 0) is 36.6 Å². The van der Waals surface area contributed by atoms with Gasteiger partial charge in [0.15, 0.2) is 5.96 Å². The van der Waals surface area contributed by atoms with E-state index in [-0.39, 0.29) is 5.91 Å². The number of guanidine groups is 1. The van der Waals surface area contributed by atoms with E-state index in [0.29, 0.717) is 19.5 Å². The fourth-order valence-electron chi connectivity index (χ4n) is 3.46. The molecule has 1 aromatic heterocycles. The van der Waals surface area contributed by atoms with Gasteiger partial charge in [0, 0.05) is 52.0 Å². The van der Waals surface area contributed by atoms with Crippen molar-refractivity contribution in [1.82, 2.24) is 19.7 Å². The third-order valence-corrected chi connectivity index (χ3v) is 5.13. The highest BCUT2D eigenvalue weighted by Gasteiger charge is 2.19. The highest BCUT2D eigenvalue weighted by atomic mass is 16.2. The maximum Gasteiger partial charge on any atom is 0.222 e. The number of aryl methyl sites for hydroxylation is 1. The number of amides is 1. The smallest absolute Gasteiger partial charge is 0.222 e. The van der Waals surface area contributed by atoms with Crippen molar-refractivity contribution < 1.29 is 4.79 Å². The summed E-state index contributed by atoms with van der Waals surface area (Å²) in [5.41, 5.74) is 3.59. The van der Waals surface area contributed by atoms with Crippen molar-refractivity contribution in [1.29, 1.82) is 0 Å². The van der Waals surface area contributed by atoms with Crippen LogP contribution in [0.2, 0.25) is 0 Å². The van der Waals surface area contributed by atoms with E-state index >= 15 is 0 Å². The van der Waals surface area contributed by atoms with Crippen molar-refractivity contribution in [2.24, 2.45) is 12.0 Å². The third-order valence-electron chi connectivity index (χ3n) is 5.13. The minimum atomic E-state index is 0.269. The summed E-state index contributed by atoms with van der Waals surface area (Å²) in [6, 6.07) is 12.6. The second-order valence-electron chi connectivity index (χ2n) is 7.37. The van der Waals surface area contributed by atoms with Crippen molar-refractivity contribution in [2.75, 3.05) is 20.1 Å². The summed E-state index contributed by atoms with van der Waals surface area (Å²) in [7, 11) is 4.12. The average Bonchev–Trinajstić information content (AvgIpc) is 3.28. The number of aromatic nitrogens is 1. The van der Waals surface area contributed by atoms with Crippen LogP contribution in [-0.2, 0) is 31.5 Å². The van der Waals surface area contributed by atoms with Crippen molar-refractivity contribution in [2.45, 2.75) is 39.4 Å². The summed E-state index contributed by atoms with van der Waals surface area (Å²) >= 11 is 0. The Labute approximate surface area is 167 Å². The van der Waals surface area contributed by atoms with Crippen molar-refractivity contribution in [3.8, 4) is 0 Å². The van der Waals surface area contributed by atoms with Gasteiger partial charge in [-0.1, -0.05) is 24.3 Å². The lowest BCUT2D eigenvalue weighted by Crippen LogP contribution is -2.38. The normalized spacial score (nSPS) is 14.6. The number of aliphatic imine (C=N–C) groups is 1. The molecule has 1 fully saturated rings. The topological polar surface area (TPSA) is 52.9 Å². The van der Waals surface area contributed by atoms with Crippen LogP contribution in [0.4, 0.5) is 0 Å². The monoisotopic (exact) mass is 381 g/mol. The lowest BCUT2D eigenvalue weighted by molar-refractivity contribution is -0.128. The number of carbonyl (C=O) groups is 1. The molecule has 1 N–H and O–H groups in total. The fourth-order valence-corrected chi connectivity index (χ4v) is 3.46. The van der Waals surface area contributed by atoms with Crippen LogP contribution in [0.5, 0.6) is 0 Å². The lowest BCUT2D eigenvalue weighted by Gasteiger charge is -2.22. The van der Waals surface area contributed by atoms with Gasteiger partial charge in [0.1, 0.15) is 0 Å². The van der Waals surface area contributed by atoms with Crippen molar-refractivity contribution >= 4 is 11.9 Å². The van der Waals surface area contributed by atoms with Crippen LogP contribution >= 0.6 is 0 Å². The Balaban J connectivity index is 1.60. The molecular weight excluding hydrogens is 350 g/mol. The van der Waals surface area contributed by atoms with E-state index in [4.69, 9.17) is 4.99 Å². The number of carbonyl (C=O) groups excluding carboxylic acids is 1. The van der Waals surface area contributed by atoms with Crippen molar-refractivity contribution in [3.63, 3.8) is 0 Å². The summed E-state index contributed by atoms with van der Waals surface area (Å²) in [6.45, 7) is 5.94. The van der Waals surface area contributed by atoms with E-state index in [9.17, 15) is 4.79 Å². The molecule has 0 saturated carbocycles. The molecule has 1 saturated heterocycles.